The first-order valence-corrected chi connectivity index (χ1v) is 6.91. The number of nitrogens with one attached hydrogen (secondary N) is 1. The van der Waals surface area contributed by atoms with E-state index in [9.17, 15) is 0 Å². The maximum atomic E-state index is 4.39. The molecule has 2 aliphatic rings. The number of allylic oxidation sites excluding steroid dienone is 2. The summed E-state index contributed by atoms with van der Waals surface area (Å²) in [5.74, 6) is 2.46. The summed E-state index contributed by atoms with van der Waals surface area (Å²) in [6.45, 7) is 5.10. The molecule has 0 amide bonds. The molecule has 3 heteroatoms. The summed E-state index contributed by atoms with van der Waals surface area (Å²) < 4.78 is 0. The highest BCUT2D eigenvalue weighted by atomic mass is 14.9. The van der Waals surface area contributed by atoms with E-state index in [1.807, 2.05) is 19.3 Å². The molecule has 4 atom stereocenters. The lowest BCUT2D eigenvalue weighted by Crippen LogP contribution is -2.35. The number of rotatable bonds is 4. The van der Waals surface area contributed by atoms with Gasteiger partial charge in [0.15, 0.2) is 0 Å². The summed E-state index contributed by atoms with van der Waals surface area (Å²) in [4.78, 5) is 8.66. The van der Waals surface area contributed by atoms with Gasteiger partial charge in [0.2, 0.25) is 0 Å². The quantitative estimate of drug-likeness (QED) is 0.826. The van der Waals surface area contributed by atoms with Crippen molar-refractivity contribution in [1.82, 2.24) is 15.3 Å². The van der Waals surface area contributed by atoms with Gasteiger partial charge < -0.3 is 5.32 Å². The average molecular weight is 243 g/mol. The third-order valence-electron chi connectivity index (χ3n) is 4.41. The minimum absolute atomic E-state index is 0.563. The maximum absolute atomic E-state index is 4.39. The van der Waals surface area contributed by atoms with Gasteiger partial charge in [-0.05, 0) is 44.4 Å². The van der Waals surface area contributed by atoms with Crippen LogP contribution in [0.2, 0.25) is 0 Å². The zero-order chi connectivity index (χ0) is 12.5. The molecule has 4 unspecified atom stereocenters. The summed E-state index contributed by atoms with van der Waals surface area (Å²) in [7, 11) is 0. The zero-order valence-electron chi connectivity index (χ0n) is 11.1. The van der Waals surface area contributed by atoms with Gasteiger partial charge in [-0.25, -0.2) is 0 Å². The third kappa shape index (κ3) is 2.32. The molecule has 1 aromatic rings. The van der Waals surface area contributed by atoms with Crippen molar-refractivity contribution in [2.75, 3.05) is 0 Å². The van der Waals surface area contributed by atoms with Crippen LogP contribution in [0, 0.1) is 24.7 Å². The van der Waals surface area contributed by atoms with Gasteiger partial charge in [-0.1, -0.05) is 12.2 Å². The van der Waals surface area contributed by atoms with Crippen molar-refractivity contribution < 1.29 is 0 Å². The second kappa shape index (κ2) is 4.81. The van der Waals surface area contributed by atoms with Crippen LogP contribution in [0.5, 0.6) is 0 Å². The first-order chi connectivity index (χ1) is 8.72. The Morgan fingerprint density at radius 3 is 2.78 bits per heavy atom. The molecule has 1 saturated carbocycles. The van der Waals surface area contributed by atoms with Gasteiger partial charge in [-0.15, -0.1) is 0 Å². The highest BCUT2D eigenvalue weighted by molar-refractivity contribution is 5.11. The van der Waals surface area contributed by atoms with E-state index in [4.69, 9.17) is 0 Å². The molecule has 2 bridgehead atoms. The van der Waals surface area contributed by atoms with E-state index in [-0.39, 0.29) is 0 Å². The number of hydrogen-bond acceptors (Lipinski definition) is 3. The van der Waals surface area contributed by atoms with E-state index < -0.39 is 0 Å². The van der Waals surface area contributed by atoms with E-state index in [0.29, 0.717) is 6.04 Å². The van der Waals surface area contributed by atoms with Gasteiger partial charge in [0.1, 0.15) is 0 Å². The lowest BCUT2D eigenvalue weighted by molar-refractivity contribution is 0.325. The predicted molar refractivity (Wildman–Crippen MR) is 71.9 cm³/mol. The van der Waals surface area contributed by atoms with Crippen molar-refractivity contribution >= 4 is 0 Å². The normalized spacial score (nSPS) is 30.9. The number of aryl methyl sites for hydroxylation is 1. The van der Waals surface area contributed by atoms with E-state index in [1.165, 1.54) is 12.8 Å². The lowest BCUT2D eigenvalue weighted by Gasteiger charge is -2.26. The first-order valence-electron chi connectivity index (χ1n) is 6.91. The van der Waals surface area contributed by atoms with E-state index in [0.717, 1.165) is 35.7 Å². The molecule has 1 fully saturated rings. The van der Waals surface area contributed by atoms with Crippen molar-refractivity contribution in [2.24, 2.45) is 17.8 Å². The molecule has 0 saturated heterocycles. The Morgan fingerprint density at radius 1 is 1.28 bits per heavy atom. The summed E-state index contributed by atoms with van der Waals surface area (Å²) >= 11 is 0. The Morgan fingerprint density at radius 2 is 2.17 bits per heavy atom. The summed E-state index contributed by atoms with van der Waals surface area (Å²) in [6, 6.07) is 0.563. The molecule has 0 spiro atoms. The molecule has 1 N–H and O–H groups in total. The van der Waals surface area contributed by atoms with Gasteiger partial charge in [0, 0.05) is 25.0 Å². The van der Waals surface area contributed by atoms with Crippen molar-refractivity contribution in [3.05, 3.63) is 35.9 Å². The smallest absolute Gasteiger partial charge is 0.0724 e. The second-order valence-corrected chi connectivity index (χ2v) is 5.76. The van der Waals surface area contributed by atoms with Crippen LogP contribution in [0.25, 0.3) is 0 Å². The summed E-state index contributed by atoms with van der Waals surface area (Å²) in [5, 5.41) is 3.61. The van der Waals surface area contributed by atoms with Gasteiger partial charge in [0.05, 0.1) is 11.4 Å². The van der Waals surface area contributed by atoms with Crippen LogP contribution in [0.3, 0.4) is 0 Å². The highest BCUT2D eigenvalue weighted by Crippen LogP contribution is 2.44. The van der Waals surface area contributed by atoms with E-state index in [1.54, 1.807) is 0 Å². The van der Waals surface area contributed by atoms with E-state index in [2.05, 4.69) is 34.4 Å². The van der Waals surface area contributed by atoms with Crippen molar-refractivity contribution in [1.29, 1.82) is 0 Å². The third-order valence-corrected chi connectivity index (χ3v) is 4.41. The summed E-state index contributed by atoms with van der Waals surface area (Å²) in [5.41, 5.74) is 2.01. The average Bonchev–Trinajstić information content (AvgIpc) is 3.00. The fraction of sp³-hybridized carbons (Fsp3) is 0.600. The number of aromatic nitrogens is 2. The van der Waals surface area contributed by atoms with Gasteiger partial charge in [-0.3, -0.25) is 9.97 Å². The summed E-state index contributed by atoms with van der Waals surface area (Å²) in [6.07, 6.45) is 11.3. The van der Waals surface area contributed by atoms with Crippen LogP contribution in [0.1, 0.15) is 31.2 Å². The van der Waals surface area contributed by atoms with Crippen LogP contribution in [-0.4, -0.2) is 16.0 Å². The van der Waals surface area contributed by atoms with Crippen molar-refractivity contribution in [3.63, 3.8) is 0 Å². The Bertz CT molecular complexity index is 438. The number of fused-ring (bicyclic) bond motifs is 2. The predicted octanol–water partition coefficient (Wildman–Crippen LogP) is 2.48. The Labute approximate surface area is 109 Å². The van der Waals surface area contributed by atoms with Gasteiger partial charge in [-0.2, -0.15) is 0 Å². The second-order valence-electron chi connectivity index (χ2n) is 5.76. The minimum atomic E-state index is 0.563. The monoisotopic (exact) mass is 243 g/mol. The maximum Gasteiger partial charge on any atom is 0.0724 e. The Hall–Kier alpha value is -1.22. The lowest BCUT2D eigenvalue weighted by atomic mass is 9.87. The first kappa shape index (κ1) is 11.8. The van der Waals surface area contributed by atoms with Gasteiger partial charge in [0.25, 0.3) is 0 Å². The molecular weight excluding hydrogens is 222 g/mol. The molecule has 0 aromatic carbocycles. The standard InChI is InChI=1S/C15H21N3/c1-10-7-18-14(8-16-10)9-17-11(2)15-6-12-3-4-13(15)5-12/h3-4,7-8,11-13,15,17H,5-6,9H2,1-2H3. The van der Waals surface area contributed by atoms with Crippen LogP contribution in [0.4, 0.5) is 0 Å². The Kier molecular flexibility index (Phi) is 3.16. The largest absolute Gasteiger partial charge is 0.308 e. The molecule has 18 heavy (non-hydrogen) atoms. The van der Waals surface area contributed by atoms with Crippen LogP contribution in [-0.2, 0) is 6.54 Å². The fourth-order valence-corrected chi connectivity index (χ4v) is 3.33. The molecule has 0 radical (unpaired) electrons. The molecular formula is C15H21N3. The molecule has 96 valence electrons. The fourth-order valence-electron chi connectivity index (χ4n) is 3.33. The van der Waals surface area contributed by atoms with Crippen molar-refractivity contribution in [2.45, 2.75) is 39.3 Å². The Balaban J connectivity index is 1.54. The zero-order valence-corrected chi connectivity index (χ0v) is 11.1. The number of hydrogen-bond donors (Lipinski definition) is 1. The SMILES string of the molecule is Cc1cnc(CNC(C)C2CC3C=CC2C3)cn1. The molecule has 0 aliphatic heterocycles. The number of nitrogens with zero attached hydrogens (tertiary/aromatic N) is 2. The molecule has 3 rings (SSSR count). The van der Waals surface area contributed by atoms with Crippen LogP contribution in [0.15, 0.2) is 24.5 Å². The molecule has 2 aliphatic carbocycles. The molecule has 3 nitrogen and oxygen atoms in total. The van der Waals surface area contributed by atoms with E-state index >= 15 is 0 Å². The molecule has 1 heterocycles. The van der Waals surface area contributed by atoms with Crippen LogP contribution >= 0.6 is 0 Å². The topological polar surface area (TPSA) is 37.8 Å². The minimum Gasteiger partial charge on any atom is -0.308 e. The van der Waals surface area contributed by atoms with Gasteiger partial charge >= 0.3 is 0 Å². The van der Waals surface area contributed by atoms with Crippen molar-refractivity contribution in [3.8, 4) is 0 Å². The highest BCUT2D eigenvalue weighted by Gasteiger charge is 2.38. The van der Waals surface area contributed by atoms with Crippen LogP contribution < -0.4 is 5.32 Å². The molecule has 1 aromatic heterocycles.